The van der Waals surface area contributed by atoms with Crippen molar-refractivity contribution in [3.8, 4) is 11.1 Å². The summed E-state index contributed by atoms with van der Waals surface area (Å²) in [5, 5.41) is 0. The summed E-state index contributed by atoms with van der Waals surface area (Å²) in [6.07, 6.45) is -9.10. The minimum atomic E-state index is -4.57. The molecular weight excluding hydrogens is 306 g/mol. The van der Waals surface area contributed by atoms with Gasteiger partial charge in [-0.2, -0.15) is 26.3 Å². The van der Waals surface area contributed by atoms with Crippen molar-refractivity contribution in [2.75, 3.05) is 0 Å². The van der Waals surface area contributed by atoms with Crippen LogP contribution in [0.2, 0.25) is 0 Å². The maximum absolute atomic E-state index is 13.1. The molecule has 0 aliphatic heterocycles. The number of benzene rings is 2. The van der Waals surface area contributed by atoms with E-state index < -0.39 is 23.5 Å². The first kappa shape index (κ1) is 16.4. The maximum Gasteiger partial charge on any atom is 0.417 e. The highest BCUT2D eigenvalue weighted by molar-refractivity contribution is 5.72. The predicted molar refractivity (Wildman–Crippen MR) is 71.4 cm³/mol. The predicted octanol–water partition coefficient (Wildman–Crippen LogP) is 6.01. The summed E-state index contributed by atoms with van der Waals surface area (Å²) < 4.78 is 77.2. The van der Waals surface area contributed by atoms with Crippen LogP contribution in [-0.2, 0) is 12.4 Å². The van der Waals surface area contributed by atoms with Crippen LogP contribution in [0.25, 0.3) is 11.1 Å². The first-order valence-electron chi connectivity index (χ1n) is 6.36. The lowest BCUT2D eigenvalue weighted by molar-refractivity contribution is -0.138. The Morgan fingerprint density at radius 2 is 1.32 bits per heavy atom. The zero-order valence-electron chi connectivity index (χ0n) is 11.7. The molecule has 22 heavy (non-hydrogen) atoms. The molecule has 118 valence electrons. The number of rotatable bonds is 1. The highest BCUT2D eigenvalue weighted by Crippen LogP contribution is 2.40. The summed E-state index contributed by atoms with van der Waals surface area (Å²) in [7, 11) is 0. The van der Waals surface area contributed by atoms with Gasteiger partial charge in [-0.15, -0.1) is 0 Å². The molecule has 0 amide bonds. The van der Waals surface area contributed by atoms with Gasteiger partial charge in [0.15, 0.2) is 0 Å². The zero-order chi connectivity index (χ0) is 16.7. The van der Waals surface area contributed by atoms with Gasteiger partial charge in [-0.25, -0.2) is 0 Å². The molecule has 0 aromatic heterocycles. The average Bonchev–Trinajstić information content (AvgIpc) is 2.35. The number of alkyl halides is 6. The van der Waals surface area contributed by atoms with Gasteiger partial charge in [0.1, 0.15) is 0 Å². The van der Waals surface area contributed by atoms with Gasteiger partial charge in [0, 0.05) is 0 Å². The number of halogens is 6. The molecule has 0 atom stereocenters. The van der Waals surface area contributed by atoms with E-state index in [-0.39, 0.29) is 16.7 Å². The van der Waals surface area contributed by atoms with Crippen molar-refractivity contribution in [1.82, 2.24) is 0 Å². The smallest absolute Gasteiger partial charge is 0.166 e. The molecule has 0 fully saturated rings. The van der Waals surface area contributed by atoms with Crippen molar-refractivity contribution >= 4 is 0 Å². The Balaban J connectivity index is 2.65. The molecule has 0 spiro atoms. The van der Waals surface area contributed by atoms with Crippen LogP contribution < -0.4 is 0 Å². The van der Waals surface area contributed by atoms with Crippen molar-refractivity contribution in [2.24, 2.45) is 0 Å². The molecule has 2 aromatic rings. The van der Waals surface area contributed by atoms with Crippen LogP contribution in [0.1, 0.15) is 22.3 Å². The first-order valence-corrected chi connectivity index (χ1v) is 6.36. The Morgan fingerprint density at radius 3 is 1.82 bits per heavy atom. The average molecular weight is 318 g/mol. The molecule has 0 bridgehead atoms. The van der Waals surface area contributed by atoms with E-state index in [0.29, 0.717) is 5.56 Å². The molecule has 0 heterocycles. The van der Waals surface area contributed by atoms with E-state index in [0.717, 1.165) is 24.3 Å². The maximum atomic E-state index is 13.1. The zero-order valence-corrected chi connectivity index (χ0v) is 11.7. The van der Waals surface area contributed by atoms with Gasteiger partial charge in [-0.3, -0.25) is 0 Å². The molecule has 0 aliphatic carbocycles. The van der Waals surface area contributed by atoms with Crippen molar-refractivity contribution in [3.63, 3.8) is 0 Å². The topological polar surface area (TPSA) is 0 Å². The second-order valence-electron chi connectivity index (χ2n) is 5.07. The van der Waals surface area contributed by atoms with Crippen LogP contribution in [0.4, 0.5) is 26.3 Å². The fourth-order valence-electron chi connectivity index (χ4n) is 2.27. The summed E-state index contributed by atoms with van der Waals surface area (Å²) in [6, 6.07) is 6.34. The van der Waals surface area contributed by atoms with Gasteiger partial charge in [-0.05, 0) is 48.7 Å². The molecule has 0 saturated carbocycles. The van der Waals surface area contributed by atoms with Crippen molar-refractivity contribution in [3.05, 3.63) is 58.7 Å². The Morgan fingerprint density at radius 1 is 0.682 bits per heavy atom. The van der Waals surface area contributed by atoms with E-state index in [1.54, 1.807) is 6.92 Å². The number of hydrogen-bond acceptors (Lipinski definition) is 0. The highest BCUT2D eigenvalue weighted by Gasteiger charge is 2.35. The fourth-order valence-corrected chi connectivity index (χ4v) is 2.27. The second kappa shape index (κ2) is 5.34. The monoisotopic (exact) mass is 318 g/mol. The minimum Gasteiger partial charge on any atom is -0.166 e. The van der Waals surface area contributed by atoms with E-state index >= 15 is 0 Å². The summed E-state index contributed by atoms with van der Waals surface area (Å²) in [5.74, 6) is 0. The van der Waals surface area contributed by atoms with Gasteiger partial charge in [0.25, 0.3) is 0 Å². The third-order valence-corrected chi connectivity index (χ3v) is 3.32. The molecule has 0 unspecified atom stereocenters. The van der Waals surface area contributed by atoms with Crippen LogP contribution >= 0.6 is 0 Å². The molecule has 0 saturated heterocycles. The van der Waals surface area contributed by atoms with E-state index in [4.69, 9.17) is 0 Å². The number of aryl methyl sites for hydroxylation is 2. The number of hydrogen-bond donors (Lipinski definition) is 0. The van der Waals surface area contributed by atoms with Gasteiger partial charge < -0.3 is 0 Å². The van der Waals surface area contributed by atoms with Gasteiger partial charge in [0.2, 0.25) is 0 Å². The fraction of sp³-hybridized carbons (Fsp3) is 0.250. The lowest BCUT2D eigenvalue weighted by Gasteiger charge is -2.17. The van der Waals surface area contributed by atoms with Crippen LogP contribution in [0.15, 0.2) is 36.4 Å². The third-order valence-electron chi connectivity index (χ3n) is 3.32. The Kier molecular flexibility index (Phi) is 3.98. The van der Waals surface area contributed by atoms with Gasteiger partial charge >= 0.3 is 12.4 Å². The minimum absolute atomic E-state index is 0.112. The summed E-state index contributed by atoms with van der Waals surface area (Å²) >= 11 is 0. The van der Waals surface area contributed by atoms with Crippen molar-refractivity contribution in [1.29, 1.82) is 0 Å². The molecular formula is C16H12F6. The highest BCUT2D eigenvalue weighted by atomic mass is 19.4. The van der Waals surface area contributed by atoms with Crippen LogP contribution in [0, 0.1) is 13.8 Å². The summed E-state index contributed by atoms with van der Waals surface area (Å²) in [6.45, 7) is 3.00. The molecule has 6 heteroatoms. The first-order chi connectivity index (χ1) is 10.00. The van der Waals surface area contributed by atoms with Crippen molar-refractivity contribution in [2.45, 2.75) is 26.2 Å². The van der Waals surface area contributed by atoms with E-state index in [9.17, 15) is 26.3 Å². The normalized spacial score (nSPS) is 12.5. The van der Waals surface area contributed by atoms with E-state index in [1.165, 1.54) is 19.1 Å². The van der Waals surface area contributed by atoms with E-state index in [2.05, 4.69) is 0 Å². The van der Waals surface area contributed by atoms with Gasteiger partial charge in [0.05, 0.1) is 11.1 Å². The molecule has 2 rings (SSSR count). The Labute approximate surface area is 123 Å². The van der Waals surface area contributed by atoms with E-state index in [1.807, 2.05) is 0 Å². The van der Waals surface area contributed by atoms with Gasteiger partial charge in [-0.1, -0.05) is 23.8 Å². The van der Waals surface area contributed by atoms with Crippen molar-refractivity contribution < 1.29 is 26.3 Å². The second-order valence-corrected chi connectivity index (χ2v) is 5.07. The SMILES string of the molecule is Cc1ccc(C(F)(F)F)c(-c2ccc(C(F)(F)F)cc2C)c1. The Bertz CT molecular complexity index is 695. The molecule has 0 nitrogen and oxygen atoms in total. The quantitative estimate of drug-likeness (QED) is 0.565. The largest absolute Gasteiger partial charge is 0.417 e. The van der Waals surface area contributed by atoms with Crippen LogP contribution in [-0.4, -0.2) is 0 Å². The lowest BCUT2D eigenvalue weighted by atomic mass is 9.93. The van der Waals surface area contributed by atoms with Crippen LogP contribution in [0.5, 0.6) is 0 Å². The Hall–Kier alpha value is -1.98. The lowest BCUT2D eigenvalue weighted by Crippen LogP contribution is -2.09. The molecule has 0 N–H and O–H groups in total. The molecule has 2 aromatic carbocycles. The molecule has 0 aliphatic rings. The summed E-state index contributed by atoms with van der Waals surface area (Å²) in [5.41, 5.74) is -0.966. The summed E-state index contributed by atoms with van der Waals surface area (Å²) in [4.78, 5) is 0. The molecule has 0 radical (unpaired) electrons. The standard InChI is InChI=1S/C16H12F6/c1-9-3-6-14(16(20,21)22)13(7-9)12-5-4-11(8-10(12)2)15(17,18)19/h3-8H,1-2H3. The van der Waals surface area contributed by atoms with Crippen LogP contribution in [0.3, 0.4) is 0 Å². The third kappa shape index (κ3) is 3.26.